The Kier molecular flexibility index (Phi) is 6.45. The Labute approximate surface area is 123 Å². The van der Waals surface area contributed by atoms with E-state index >= 15 is 0 Å². The van der Waals surface area contributed by atoms with Gasteiger partial charge in [-0.05, 0) is 13.8 Å². The minimum absolute atomic E-state index is 0.0427. The molecule has 0 fully saturated rings. The van der Waals surface area contributed by atoms with Crippen LogP contribution in [0.1, 0.15) is 20.3 Å². The maximum absolute atomic E-state index is 11.3. The first-order valence-corrected chi connectivity index (χ1v) is 6.77. The van der Waals surface area contributed by atoms with Crippen LogP contribution in [0.5, 0.6) is 5.75 Å². The third-order valence-corrected chi connectivity index (χ3v) is 2.80. The molecule has 0 saturated carbocycles. The number of anilines is 1. The number of rotatable bonds is 8. The van der Waals surface area contributed by atoms with Gasteiger partial charge in [0.15, 0.2) is 0 Å². The Balaban J connectivity index is 2.84. The van der Waals surface area contributed by atoms with Crippen LogP contribution in [0.15, 0.2) is 18.2 Å². The van der Waals surface area contributed by atoms with Crippen molar-refractivity contribution in [3.8, 4) is 5.75 Å². The number of carbonyl (C=O) groups excluding carboxylic acids is 1. The molecular formula is C14H20N2O5. The number of hydrogen-bond donors (Lipinski definition) is 0. The Morgan fingerprint density at radius 3 is 2.57 bits per heavy atom. The van der Waals surface area contributed by atoms with Gasteiger partial charge in [-0.15, -0.1) is 0 Å². The molecule has 0 unspecified atom stereocenters. The second kappa shape index (κ2) is 8.08. The van der Waals surface area contributed by atoms with E-state index < -0.39 is 4.92 Å². The minimum atomic E-state index is -0.467. The normalized spacial score (nSPS) is 10.0. The van der Waals surface area contributed by atoms with Gasteiger partial charge < -0.3 is 14.4 Å². The van der Waals surface area contributed by atoms with Crippen LogP contribution in [0.4, 0.5) is 11.4 Å². The van der Waals surface area contributed by atoms with E-state index in [0.717, 1.165) is 0 Å². The number of nitro groups is 1. The first-order valence-electron chi connectivity index (χ1n) is 6.77. The molecule has 0 amide bonds. The van der Waals surface area contributed by atoms with Crippen molar-refractivity contribution in [2.24, 2.45) is 0 Å². The van der Waals surface area contributed by atoms with Crippen molar-refractivity contribution in [3.05, 3.63) is 28.3 Å². The van der Waals surface area contributed by atoms with Crippen LogP contribution in [0.25, 0.3) is 0 Å². The van der Waals surface area contributed by atoms with Gasteiger partial charge in [0.25, 0.3) is 5.69 Å². The van der Waals surface area contributed by atoms with Gasteiger partial charge >= 0.3 is 5.97 Å². The average molecular weight is 296 g/mol. The number of nitrogens with zero attached hydrogens (tertiary/aromatic N) is 2. The standard InChI is InChI=1S/C14H20N2O5/c1-4-20-13-9-11(8-12(10-13)16(18)19)15(3)7-6-14(17)21-5-2/h8-10H,4-7H2,1-3H3. The quantitative estimate of drug-likeness (QED) is 0.416. The summed E-state index contributed by atoms with van der Waals surface area (Å²) in [5, 5.41) is 10.9. The maximum Gasteiger partial charge on any atom is 0.307 e. The van der Waals surface area contributed by atoms with E-state index in [4.69, 9.17) is 9.47 Å². The van der Waals surface area contributed by atoms with Crippen molar-refractivity contribution in [2.75, 3.05) is 31.7 Å². The topological polar surface area (TPSA) is 81.9 Å². The Hall–Kier alpha value is -2.31. The molecular weight excluding hydrogens is 276 g/mol. The van der Waals surface area contributed by atoms with Gasteiger partial charge in [-0.25, -0.2) is 0 Å². The number of benzene rings is 1. The number of esters is 1. The highest BCUT2D eigenvalue weighted by molar-refractivity contribution is 5.70. The lowest BCUT2D eigenvalue weighted by molar-refractivity contribution is -0.384. The fraction of sp³-hybridized carbons (Fsp3) is 0.500. The Bertz CT molecular complexity index is 504. The molecule has 7 nitrogen and oxygen atoms in total. The molecule has 0 atom stereocenters. The molecule has 1 aromatic rings. The zero-order valence-electron chi connectivity index (χ0n) is 12.5. The van der Waals surface area contributed by atoms with Crippen LogP contribution in [0, 0.1) is 10.1 Å². The SMILES string of the molecule is CCOC(=O)CCN(C)c1cc(OCC)cc([N+](=O)[O-])c1. The summed E-state index contributed by atoms with van der Waals surface area (Å²) in [6.07, 6.45) is 0.219. The van der Waals surface area contributed by atoms with Crippen molar-refractivity contribution in [2.45, 2.75) is 20.3 Å². The molecule has 21 heavy (non-hydrogen) atoms. The molecule has 0 aliphatic heterocycles. The molecule has 1 rings (SSSR count). The van der Waals surface area contributed by atoms with E-state index in [1.165, 1.54) is 12.1 Å². The number of carbonyl (C=O) groups is 1. The molecule has 0 bridgehead atoms. The molecule has 0 heterocycles. The zero-order valence-corrected chi connectivity index (χ0v) is 12.5. The predicted octanol–water partition coefficient (Wildman–Crippen LogP) is 2.38. The van der Waals surface area contributed by atoms with E-state index in [1.54, 1.807) is 24.9 Å². The molecule has 0 aliphatic carbocycles. The largest absolute Gasteiger partial charge is 0.494 e. The Morgan fingerprint density at radius 2 is 2.00 bits per heavy atom. The highest BCUT2D eigenvalue weighted by Crippen LogP contribution is 2.28. The lowest BCUT2D eigenvalue weighted by atomic mass is 10.2. The van der Waals surface area contributed by atoms with Gasteiger partial charge in [-0.2, -0.15) is 0 Å². The minimum Gasteiger partial charge on any atom is -0.494 e. The molecule has 116 valence electrons. The van der Waals surface area contributed by atoms with Crippen LogP contribution in [0.3, 0.4) is 0 Å². The molecule has 0 aliphatic rings. The molecule has 0 aromatic heterocycles. The monoisotopic (exact) mass is 296 g/mol. The summed E-state index contributed by atoms with van der Waals surface area (Å²) in [5.41, 5.74) is 0.580. The lowest BCUT2D eigenvalue weighted by Crippen LogP contribution is -2.22. The summed E-state index contributed by atoms with van der Waals surface area (Å²) in [5.74, 6) is 0.143. The Morgan fingerprint density at radius 1 is 1.29 bits per heavy atom. The number of ether oxygens (including phenoxy) is 2. The van der Waals surface area contributed by atoms with E-state index in [-0.39, 0.29) is 18.1 Å². The molecule has 7 heteroatoms. The van der Waals surface area contributed by atoms with Crippen molar-refractivity contribution >= 4 is 17.3 Å². The van der Waals surface area contributed by atoms with Gasteiger partial charge in [0.2, 0.25) is 0 Å². The van der Waals surface area contributed by atoms with Crippen molar-refractivity contribution < 1.29 is 19.2 Å². The van der Waals surface area contributed by atoms with Crippen LogP contribution in [0.2, 0.25) is 0 Å². The van der Waals surface area contributed by atoms with E-state index in [9.17, 15) is 14.9 Å². The van der Waals surface area contributed by atoms with Crippen LogP contribution in [-0.2, 0) is 9.53 Å². The summed E-state index contributed by atoms with van der Waals surface area (Å²) >= 11 is 0. The van der Waals surface area contributed by atoms with Gasteiger partial charge in [-0.3, -0.25) is 14.9 Å². The first kappa shape index (κ1) is 16.7. The summed E-state index contributed by atoms with van der Waals surface area (Å²) in [7, 11) is 1.76. The summed E-state index contributed by atoms with van der Waals surface area (Å²) in [6, 6.07) is 4.54. The van der Waals surface area contributed by atoms with Gasteiger partial charge in [0.05, 0.1) is 30.6 Å². The molecule has 1 aromatic carbocycles. The van der Waals surface area contributed by atoms with Crippen molar-refractivity contribution in [1.29, 1.82) is 0 Å². The third-order valence-electron chi connectivity index (χ3n) is 2.80. The van der Waals surface area contributed by atoms with Crippen molar-refractivity contribution in [1.82, 2.24) is 0 Å². The van der Waals surface area contributed by atoms with Gasteiger partial charge in [0.1, 0.15) is 5.75 Å². The molecule has 0 saturated heterocycles. The smallest absolute Gasteiger partial charge is 0.307 e. The van der Waals surface area contributed by atoms with Crippen LogP contribution < -0.4 is 9.64 Å². The van der Waals surface area contributed by atoms with Crippen molar-refractivity contribution in [3.63, 3.8) is 0 Å². The summed E-state index contributed by atoms with van der Waals surface area (Å²) in [6.45, 7) is 4.73. The van der Waals surface area contributed by atoms with Gasteiger partial charge in [0, 0.05) is 31.4 Å². The summed E-state index contributed by atoms with van der Waals surface area (Å²) < 4.78 is 10.2. The van der Waals surface area contributed by atoms with E-state index in [2.05, 4.69) is 0 Å². The molecule has 0 N–H and O–H groups in total. The number of hydrogen-bond acceptors (Lipinski definition) is 6. The maximum atomic E-state index is 11.3. The van der Waals surface area contributed by atoms with Gasteiger partial charge in [-0.1, -0.05) is 0 Å². The van der Waals surface area contributed by atoms with E-state index in [1.807, 2.05) is 6.92 Å². The predicted molar refractivity (Wildman–Crippen MR) is 78.8 cm³/mol. The number of non-ortho nitro benzene ring substituents is 1. The summed E-state index contributed by atoms with van der Waals surface area (Å²) in [4.78, 5) is 23.6. The zero-order chi connectivity index (χ0) is 15.8. The average Bonchev–Trinajstić information content (AvgIpc) is 2.45. The fourth-order valence-corrected chi connectivity index (χ4v) is 1.77. The first-order chi connectivity index (χ1) is 9.97. The highest BCUT2D eigenvalue weighted by atomic mass is 16.6. The third kappa shape index (κ3) is 5.29. The molecule has 0 radical (unpaired) electrons. The lowest BCUT2D eigenvalue weighted by Gasteiger charge is -2.19. The second-order valence-corrected chi connectivity index (χ2v) is 4.35. The second-order valence-electron chi connectivity index (χ2n) is 4.35. The number of nitro benzene ring substituents is 1. The van der Waals surface area contributed by atoms with E-state index in [0.29, 0.717) is 31.2 Å². The highest BCUT2D eigenvalue weighted by Gasteiger charge is 2.14. The molecule has 0 spiro atoms. The fourth-order valence-electron chi connectivity index (χ4n) is 1.77. The van der Waals surface area contributed by atoms with Crippen LogP contribution >= 0.6 is 0 Å². The van der Waals surface area contributed by atoms with Crippen LogP contribution in [-0.4, -0.2) is 37.7 Å².